The number of hydrogen-bond donors (Lipinski definition) is 3. The van der Waals surface area contributed by atoms with Crippen molar-refractivity contribution in [1.29, 1.82) is 0 Å². The van der Waals surface area contributed by atoms with Gasteiger partial charge in [0.25, 0.3) is 0 Å². The lowest BCUT2D eigenvalue weighted by Gasteiger charge is -1.94. The Hall–Kier alpha value is -2.25. The van der Waals surface area contributed by atoms with Crippen LogP contribution >= 0.6 is 0 Å². The predicted molar refractivity (Wildman–Crippen MR) is 53.1 cm³/mol. The van der Waals surface area contributed by atoms with E-state index in [1.54, 1.807) is 24.3 Å². The van der Waals surface area contributed by atoms with Gasteiger partial charge in [-0.2, -0.15) is 13.2 Å². The van der Waals surface area contributed by atoms with Crippen molar-refractivity contribution in [2.24, 2.45) is 5.73 Å². The monoisotopic (exact) mass is 250 g/mol. The summed E-state index contributed by atoms with van der Waals surface area (Å²) < 4.78 is 31.7. The average molecular weight is 250 g/mol. The minimum Gasteiger partial charge on any atom is -0.475 e. The molecule has 0 aliphatic carbocycles. The van der Waals surface area contributed by atoms with Crippen molar-refractivity contribution in [3.8, 4) is 0 Å². The van der Waals surface area contributed by atoms with E-state index in [0.29, 0.717) is 11.3 Å². The SMILES string of the molecule is NC(=O)c1cccc(N)c1.O=C(O)C(F)(F)F. The number of halogens is 3. The maximum absolute atomic E-state index is 10.6. The number of nitrogens with two attached hydrogens (primary N) is 2. The van der Waals surface area contributed by atoms with Gasteiger partial charge in [0.1, 0.15) is 0 Å². The molecule has 5 nitrogen and oxygen atoms in total. The summed E-state index contributed by atoms with van der Waals surface area (Å²) in [5.41, 5.74) is 11.4. The van der Waals surface area contributed by atoms with Gasteiger partial charge in [-0.15, -0.1) is 0 Å². The van der Waals surface area contributed by atoms with E-state index < -0.39 is 18.1 Å². The van der Waals surface area contributed by atoms with E-state index in [4.69, 9.17) is 21.4 Å². The molecule has 0 aromatic heterocycles. The summed E-state index contributed by atoms with van der Waals surface area (Å²) in [6.07, 6.45) is -5.08. The Bertz CT molecular complexity index is 418. The molecule has 5 N–H and O–H groups in total. The van der Waals surface area contributed by atoms with Crippen LogP contribution in [0.4, 0.5) is 18.9 Å². The first-order valence-corrected chi connectivity index (χ1v) is 4.10. The number of nitrogen functional groups attached to an aromatic ring is 1. The Balaban J connectivity index is 0.000000325. The van der Waals surface area contributed by atoms with E-state index in [1.165, 1.54) is 0 Å². The van der Waals surface area contributed by atoms with Crippen molar-refractivity contribution in [2.75, 3.05) is 5.73 Å². The quantitative estimate of drug-likeness (QED) is 0.646. The molecule has 0 spiro atoms. The largest absolute Gasteiger partial charge is 0.490 e. The minimum absolute atomic E-state index is 0.444. The Morgan fingerprint density at radius 3 is 1.94 bits per heavy atom. The Kier molecular flexibility index (Phi) is 4.97. The van der Waals surface area contributed by atoms with Gasteiger partial charge >= 0.3 is 12.1 Å². The number of anilines is 1. The second kappa shape index (κ2) is 5.73. The van der Waals surface area contributed by atoms with Crippen LogP contribution < -0.4 is 11.5 Å². The molecule has 0 unspecified atom stereocenters. The molecule has 0 heterocycles. The summed E-state index contributed by atoms with van der Waals surface area (Å²) in [5, 5.41) is 7.12. The molecular weight excluding hydrogens is 241 g/mol. The summed E-state index contributed by atoms with van der Waals surface area (Å²) in [5.74, 6) is -3.21. The standard InChI is InChI=1S/C7H8N2O.C2HF3O2/c8-6-3-1-2-5(4-6)7(9)10;3-2(4,5)1(6)7/h1-4H,8H2,(H2,9,10);(H,6,7). The lowest BCUT2D eigenvalue weighted by atomic mass is 10.2. The molecule has 1 amide bonds. The van der Waals surface area contributed by atoms with Gasteiger partial charge in [0.15, 0.2) is 0 Å². The normalized spacial score (nSPS) is 10.1. The van der Waals surface area contributed by atoms with Gasteiger partial charge in [0.2, 0.25) is 5.91 Å². The minimum atomic E-state index is -5.08. The zero-order valence-corrected chi connectivity index (χ0v) is 8.36. The highest BCUT2D eigenvalue weighted by molar-refractivity contribution is 5.93. The number of amides is 1. The van der Waals surface area contributed by atoms with Crippen LogP contribution in [0.5, 0.6) is 0 Å². The Morgan fingerprint density at radius 2 is 1.71 bits per heavy atom. The van der Waals surface area contributed by atoms with Crippen molar-refractivity contribution < 1.29 is 27.9 Å². The third-order valence-electron chi connectivity index (χ3n) is 1.41. The summed E-state index contributed by atoms with van der Waals surface area (Å²) in [6.45, 7) is 0. The van der Waals surface area contributed by atoms with Crippen LogP contribution in [-0.4, -0.2) is 23.2 Å². The zero-order valence-electron chi connectivity index (χ0n) is 8.36. The lowest BCUT2D eigenvalue weighted by molar-refractivity contribution is -0.192. The highest BCUT2D eigenvalue weighted by Gasteiger charge is 2.38. The second-order valence-corrected chi connectivity index (χ2v) is 2.79. The smallest absolute Gasteiger partial charge is 0.475 e. The van der Waals surface area contributed by atoms with E-state index in [1.807, 2.05) is 0 Å². The molecule has 94 valence electrons. The van der Waals surface area contributed by atoms with E-state index in [-0.39, 0.29) is 0 Å². The number of aliphatic carboxylic acids is 1. The van der Waals surface area contributed by atoms with Crippen molar-refractivity contribution in [3.63, 3.8) is 0 Å². The average Bonchev–Trinajstić information content (AvgIpc) is 2.17. The molecule has 0 saturated carbocycles. The van der Waals surface area contributed by atoms with E-state index in [0.717, 1.165) is 0 Å². The molecule has 1 rings (SSSR count). The first-order chi connectivity index (χ1) is 7.64. The molecule has 0 bridgehead atoms. The molecule has 0 aliphatic rings. The van der Waals surface area contributed by atoms with Gasteiger partial charge in [-0.1, -0.05) is 6.07 Å². The van der Waals surface area contributed by atoms with Crippen LogP contribution in [0.1, 0.15) is 10.4 Å². The fourth-order valence-corrected chi connectivity index (χ4v) is 0.692. The third-order valence-corrected chi connectivity index (χ3v) is 1.41. The molecule has 0 fully saturated rings. The van der Waals surface area contributed by atoms with Crippen molar-refractivity contribution in [3.05, 3.63) is 29.8 Å². The Labute approximate surface area is 93.8 Å². The predicted octanol–water partition coefficient (Wildman–Crippen LogP) is 1.00. The summed E-state index contributed by atoms with van der Waals surface area (Å²) in [7, 11) is 0. The van der Waals surface area contributed by atoms with Gasteiger partial charge < -0.3 is 16.6 Å². The maximum atomic E-state index is 10.6. The van der Waals surface area contributed by atoms with Crippen molar-refractivity contribution in [2.45, 2.75) is 6.18 Å². The number of benzene rings is 1. The first-order valence-electron chi connectivity index (χ1n) is 4.10. The van der Waals surface area contributed by atoms with Crippen LogP contribution in [0.25, 0.3) is 0 Å². The van der Waals surface area contributed by atoms with E-state index in [2.05, 4.69) is 0 Å². The number of alkyl halides is 3. The molecule has 0 radical (unpaired) electrons. The molecule has 1 aromatic rings. The van der Waals surface area contributed by atoms with Crippen LogP contribution in [0, 0.1) is 0 Å². The summed E-state index contributed by atoms with van der Waals surface area (Å²) in [4.78, 5) is 19.4. The van der Waals surface area contributed by atoms with Crippen LogP contribution in [0.2, 0.25) is 0 Å². The lowest BCUT2D eigenvalue weighted by Crippen LogP contribution is -2.21. The van der Waals surface area contributed by atoms with Gasteiger partial charge in [-0.05, 0) is 18.2 Å². The topological polar surface area (TPSA) is 106 Å². The fraction of sp³-hybridized carbons (Fsp3) is 0.111. The second-order valence-electron chi connectivity index (χ2n) is 2.79. The van der Waals surface area contributed by atoms with Gasteiger partial charge in [-0.3, -0.25) is 4.79 Å². The number of carbonyl (C=O) groups is 2. The number of carboxylic acids is 1. The molecule has 1 aromatic carbocycles. The number of hydrogen-bond acceptors (Lipinski definition) is 3. The molecule has 17 heavy (non-hydrogen) atoms. The van der Waals surface area contributed by atoms with Crippen LogP contribution in [0.15, 0.2) is 24.3 Å². The number of primary amides is 1. The van der Waals surface area contributed by atoms with Gasteiger partial charge in [-0.25, -0.2) is 4.79 Å². The number of carbonyl (C=O) groups excluding carboxylic acids is 1. The molecule has 0 aliphatic heterocycles. The van der Waals surface area contributed by atoms with Gasteiger partial charge in [0.05, 0.1) is 0 Å². The maximum Gasteiger partial charge on any atom is 0.490 e. The molecular formula is C9H9F3N2O3. The first kappa shape index (κ1) is 14.8. The molecule has 8 heteroatoms. The van der Waals surface area contributed by atoms with Crippen LogP contribution in [-0.2, 0) is 4.79 Å². The Morgan fingerprint density at radius 1 is 1.24 bits per heavy atom. The third kappa shape index (κ3) is 6.03. The highest BCUT2D eigenvalue weighted by atomic mass is 19.4. The van der Waals surface area contributed by atoms with E-state index >= 15 is 0 Å². The zero-order chi connectivity index (χ0) is 13.6. The summed E-state index contributed by atoms with van der Waals surface area (Å²) >= 11 is 0. The molecule has 0 atom stereocenters. The highest BCUT2D eigenvalue weighted by Crippen LogP contribution is 2.13. The molecule has 0 saturated heterocycles. The van der Waals surface area contributed by atoms with Crippen LogP contribution in [0.3, 0.4) is 0 Å². The van der Waals surface area contributed by atoms with E-state index in [9.17, 15) is 18.0 Å². The fourth-order valence-electron chi connectivity index (χ4n) is 0.692. The summed E-state index contributed by atoms with van der Waals surface area (Å²) in [6, 6.07) is 6.56. The van der Waals surface area contributed by atoms with Crippen molar-refractivity contribution >= 4 is 17.6 Å². The van der Waals surface area contributed by atoms with Crippen molar-refractivity contribution in [1.82, 2.24) is 0 Å². The number of rotatable bonds is 1. The van der Waals surface area contributed by atoms with Gasteiger partial charge in [0, 0.05) is 11.3 Å². The number of carboxylic acid groups (broad SMARTS) is 1.